The predicted molar refractivity (Wildman–Crippen MR) is 93.4 cm³/mol. The third-order valence-electron chi connectivity index (χ3n) is 3.47. The van der Waals surface area contributed by atoms with E-state index in [0.29, 0.717) is 0 Å². The SMILES string of the molecule is O=S(=O)(Cc1ccccc1F)NCc1cccnc1-c1ccsc1. The summed E-state index contributed by atoms with van der Waals surface area (Å²) in [5, 5.41) is 3.90. The maximum absolute atomic E-state index is 13.6. The van der Waals surface area contributed by atoms with Crippen molar-refractivity contribution in [2.75, 3.05) is 0 Å². The molecule has 0 saturated carbocycles. The summed E-state index contributed by atoms with van der Waals surface area (Å²) in [6, 6.07) is 11.4. The number of hydrogen-bond acceptors (Lipinski definition) is 4. The second-order valence-corrected chi connectivity index (χ2v) is 7.78. The van der Waals surface area contributed by atoms with Crippen LogP contribution >= 0.6 is 11.3 Å². The van der Waals surface area contributed by atoms with Crippen molar-refractivity contribution in [3.05, 3.63) is 76.4 Å². The Hall–Kier alpha value is -2.09. The van der Waals surface area contributed by atoms with Gasteiger partial charge in [0.05, 0.1) is 11.4 Å². The normalized spacial score (nSPS) is 11.5. The molecule has 0 amide bonds. The zero-order valence-electron chi connectivity index (χ0n) is 12.6. The minimum absolute atomic E-state index is 0.107. The molecule has 1 N–H and O–H groups in total. The van der Waals surface area contributed by atoms with Gasteiger partial charge in [-0.05, 0) is 29.1 Å². The van der Waals surface area contributed by atoms with Crippen molar-refractivity contribution in [1.29, 1.82) is 0 Å². The molecule has 3 aromatic rings. The average molecular weight is 362 g/mol. The molecule has 3 rings (SSSR count). The van der Waals surface area contributed by atoms with Gasteiger partial charge in [0.15, 0.2) is 0 Å². The molecule has 2 aromatic heterocycles. The number of sulfonamides is 1. The van der Waals surface area contributed by atoms with Gasteiger partial charge >= 0.3 is 0 Å². The molecule has 0 aliphatic carbocycles. The zero-order chi connectivity index (χ0) is 17.0. The van der Waals surface area contributed by atoms with E-state index in [4.69, 9.17) is 0 Å². The van der Waals surface area contributed by atoms with Crippen LogP contribution in [0.2, 0.25) is 0 Å². The van der Waals surface area contributed by atoms with Crippen molar-refractivity contribution >= 4 is 21.4 Å². The fourth-order valence-corrected chi connectivity index (χ4v) is 4.06. The lowest BCUT2D eigenvalue weighted by atomic mass is 10.1. The van der Waals surface area contributed by atoms with Crippen LogP contribution in [0.15, 0.2) is 59.4 Å². The van der Waals surface area contributed by atoms with Crippen molar-refractivity contribution in [3.8, 4) is 11.3 Å². The fraction of sp³-hybridized carbons (Fsp3) is 0.118. The molecule has 0 aliphatic heterocycles. The van der Waals surface area contributed by atoms with Gasteiger partial charge in [0.2, 0.25) is 10.0 Å². The molecule has 0 unspecified atom stereocenters. The summed E-state index contributed by atoms with van der Waals surface area (Å²) >= 11 is 1.55. The van der Waals surface area contributed by atoms with Gasteiger partial charge in [0.1, 0.15) is 5.82 Å². The molecule has 1 aromatic carbocycles. The van der Waals surface area contributed by atoms with Gasteiger partial charge in [-0.3, -0.25) is 4.98 Å². The topological polar surface area (TPSA) is 59.1 Å². The number of hydrogen-bond donors (Lipinski definition) is 1. The third kappa shape index (κ3) is 4.05. The molecule has 0 bridgehead atoms. The van der Waals surface area contributed by atoms with Crippen molar-refractivity contribution in [2.45, 2.75) is 12.3 Å². The molecule has 24 heavy (non-hydrogen) atoms. The Kier molecular flexibility index (Phi) is 5.03. The summed E-state index contributed by atoms with van der Waals surface area (Å²) in [6.45, 7) is 0.107. The van der Waals surface area contributed by atoms with Crippen molar-refractivity contribution in [3.63, 3.8) is 0 Å². The van der Waals surface area contributed by atoms with Gasteiger partial charge < -0.3 is 0 Å². The van der Waals surface area contributed by atoms with E-state index in [1.807, 2.05) is 22.9 Å². The first kappa shape index (κ1) is 16.8. The van der Waals surface area contributed by atoms with Gasteiger partial charge in [0.25, 0.3) is 0 Å². The number of rotatable bonds is 6. The number of thiophene rings is 1. The predicted octanol–water partition coefficient (Wildman–Crippen LogP) is 3.57. The molecule has 0 aliphatic rings. The molecule has 7 heteroatoms. The summed E-state index contributed by atoms with van der Waals surface area (Å²) in [5.74, 6) is -0.920. The van der Waals surface area contributed by atoms with E-state index in [0.717, 1.165) is 16.8 Å². The summed E-state index contributed by atoms with van der Waals surface area (Å²) in [7, 11) is -3.66. The molecule has 0 radical (unpaired) electrons. The van der Waals surface area contributed by atoms with Crippen LogP contribution in [0.4, 0.5) is 4.39 Å². The van der Waals surface area contributed by atoms with Gasteiger partial charge in [-0.25, -0.2) is 17.5 Å². The standard InChI is InChI=1S/C17H15FN2O2S2/c18-16-6-2-1-4-15(16)12-24(21,22)20-10-13-5-3-8-19-17(13)14-7-9-23-11-14/h1-9,11,20H,10,12H2. The molecule has 4 nitrogen and oxygen atoms in total. The number of halogens is 1. The first-order valence-electron chi connectivity index (χ1n) is 7.22. The Morgan fingerprint density at radius 1 is 1.08 bits per heavy atom. The van der Waals surface area contributed by atoms with E-state index in [1.54, 1.807) is 29.7 Å². The zero-order valence-corrected chi connectivity index (χ0v) is 14.3. The molecule has 0 saturated heterocycles. The lowest BCUT2D eigenvalue weighted by Gasteiger charge is -2.10. The van der Waals surface area contributed by atoms with E-state index in [2.05, 4.69) is 9.71 Å². The number of nitrogens with zero attached hydrogens (tertiary/aromatic N) is 1. The van der Waals surface area contributed by atoms with E-state index in [1.165, 1.54) is 18.2 Å². The molecular formula is C17H15FN2O2S2. The second kappa shape index (κ2) is 7.21. The van der Waals surface area contributed by atoms with Gasteiger partial charge in [0, 0.05) is 29.2 Å². The van der Waals surface area contributed by atoms with Gasteiger partial charge in [-0.2, -0.15) is 11.3 Å². The van der Waals surface area contributed by atoms with Crippen molar-refractivity contribution < 1.29 is 12.8 Å². The Morgan fingerprint density at radius 3 is 2.62 bits per heavy atom. The molecule has 0 fully saturated rings. The number of pyridine rings is 1. The highest BCUT2D eigenvalue weighted by molar-refractivity contribution is 7.88. The Labute approximate surface area is 144 Å². The second-order valence-electron chi connectivity index (χ2n) is 5.19. The quantitative estimate of drug-likeness (QED) is 0.729. The van der Waals surface area contributed by atoms with Gasteiger partial charge in [-0.1, -0.05) is 24.3 Å². The van der Waals surface area contributed by atoms with E-state index >= 15 is 0 Å². The van der Waals surface area contributed by atoms with Gasteiger partial charge in [-0.15, -0.1) is 0 Å². The Morgan fingerprint density at radius 2 is 1.88 bits per heavy atom. The lowest BCUT2D eigenvalue weighted by molar-refractivity contribution is 0.574. The molecule has 124 valence electrons. The fourth-order valence-electron chi connectivity index (χ4n) is 2.30. The lowest BCUT2D eigenvalue weighted by Crippen LogP contribution is -2.25. The first-order chi connectivity index (χ1) is 11.6. The maximum Gasteiger partial charge on any atom is 0.216 e. The molecule has 0 atom stereocenters. The van der Waals surface area contributed by atoms with Crippen molar-refractivity contribution in [2.24, 2.45) is 0 Å². The van der Waals surface area contributed by atoms with Crippen LogP contribution in [0.3, 0.4) is 0 Å². The maximum atomic E-state index is 13.6. The van der Waals surface area contributed by atoms with E-state index in [9.17, 15) is 12.8 Å². The van der Waals surface area contributed by atoms with Crippen LogP contribution in [0.5, 0.6) is 0 Å². The monoisotopic (exact) mass is 362 g/mol. The van der Waals surface area contributed by atoms with Crippen LogP contribution < -0.4 is 4.72 Å². The number of aromatic nitrogens is 1. The van der Waals surface area contributed by atoms with Crippen LogP contribution in [0.25, 0.3) is 11.3 Å². The number of benzene rings is 1. The molecular weight excluding hydrogens is 347 g/mol. The summed E-state index contributed by atoms with van der Waals surface area (Å²) < 4.78 is 40.6. The minimum Gasteiger partial charge on any atom is -0.256 e. The third-order valence-corrected chi connectivity index (χ3v) is 5.43. The highest BCUT2D eigenvalue weighted by Gasteiger charge is 2.15. The highest BCUT2D eigenvalue weighted by Crippen LogP contribution is 2.23. The van der Waals surface area contributed by atoms with Crippen LogP contribution in [-0.4, -0.2) is 13.4 Å². The Balaban J connectivity index is 1.75. The molecule has 2 heterocycles. The summed E-state index contributed by atoms with van der Waals surface area (Å²) in [4.78, 5) is 4.33. The first-order valence-corrected chi connectivity index (χ1v) is 9.82. The highest BCUT2D eigenvalue weighted by atomic mass is 32.2. The van der Waals surface area contributed by atoms with Crippen LogP contribution in [0, 0.1) is 5.82 Å². The smallest absolute Gasteiger partial charge is 0.216 e. The van der Waals surface area contributed by atoms with E-state index in [-0.39, 0.29) is 12.1 Å². The average Bonchev–Trinajstić information content (AvgIpc) is 3.10. The summed E-state index contributed by atoms with van der Waals surface area (Å²) in [5.41, 5.74) is 2.61. The van der Waals surface area contributed by atoms with Crippen molar-refractivity contribution in [1.82, 2.24) is 9.71 Å². The summed E-state index contributed by atoms with van der Waals surface area (Å²) in [6.07, 6.45) is 1.67. The minimum atomic E-state index is -3.66. The van der Waals surface area contributed by atoms with E-state index < -0.39 is 21.6 Å². The van der Waals surface area contributed by atoms with Crippen LogP contribution in [0.1, 0.15) is 11.1 Å². The van der Waals surface area contributed by atoms with Crippen LogP contribution in [-0.2, 0) is 22.3 Å². The molecule has 0 spiro atoms. The largest absolute Gasteiger partial charge is 0.256 e. The number of nitrogens with one attached hydrogen (secondary N) is 1. The Bertz CT molecular complexity index is 925.